The third kappa shape index (κ3) is 3.92. The molecule has 1 nitrogen and oxygen atoms in total. The SMILES string of the molecule is C#CCC(C)NC(C)c1ccc(SC)cc1. The molecular weight excluding hydrogens is 214 g/mol. The van der Waals surface area contributed by atoms with Gasteiger partial charge in [-0.1, -0.05) is 12.1 Å². The second-order valence-corrected chi connectivity index (χ2v) is 4.85. The summed E-state index contributed by atoms with van der Waals surface area (Å²) in [6, 6.07) is 9.37. The molecule has 0 aromatic heterocycles. The minimum absolute atomic E-state index is 0.347. The van der Waals surface area contributed by atoms with Crippen LogP contribution in [0.3, 0.4) is 0 Å². The highest BCUT2D eigenvalue weighted by Crippen LogP contribution is 2.19. The summed E-state index contributed by atoms with van der Waals surface area (Å²) >= 11 is 1.76. The van der Waals surface area contributed by atoms with E-state index in [0.717, 1.165) is 6.42 Å². The lowest BCUT2D eigenvalue weighted by molar-refractivity contribution is 0.486. The molecule has 0 heterocycles. The van der Waals surface area contributed by atoms with Gasteiger partial charge < -0.3 is 5.32 Å². The van der Waals surface area contributed by atoms with Gasteiger partial charge in [0, 0.05) is 23.4 Å². The van der Waals surface area contributed by atoms with Crippen molar-refractivity contribution in [2.75, 3.05) is 6.26 Å². The summed E-state index contributed by atoms with van der Waals surface area (Å²) in [4.78, 5) is 1.30. The number of nitrogens with one attached hydrogen (secondary N) is 1. The number of thioether (sulfide) groups is 1. The first-order valence-electron chi connectivity index (χ1n) is 5.50. The Morgan fingerprint density at radius 3 is 2.44 bits per heavy atom. The van der Waals surface area contributed by atoms with E-state index in [-0.39, 0.29) is 0 Å². The van der Waals surface area contributed by atoms with Crippen LogP contribution in [-0.4, -0.2) is 12.3 Å². The Balaban J connectivity index is 2.59. The molecule has 0 aliphatic carbocycles. The van der Waals surface area contributed by atoms with Crippen molar-refractivity contribution < 1.29 is 0 Å². The highest BCUT2D eigenvalue weighted by molar-refractivity contribution is 7.98. The average Bonchev–Trinajstić information content (AvgIpc) is 2.29. The van der Waals surface area contributed by atoms with Gasteiger partial charge in [-0.2, -0.15) is 0 Å². The molecule has 0 fully saturated rings. The van der Waals surface area contributed by atoms with E-state index in [1.807, 2.05) is 0 Å². The zero-order valence-corrected chi connectivity index (χ0v) is 11.0. The molecule has 1 aromatic rings. The van der Waals surface area contributed by atoms with Crippen molar-refractivity contribution in [2.24, 2.45) is 0 Å². The van der Waals surface area contributed by atoms with Gasteiger partial charge in [0.05, 0.1) is 0 Å². The van der Waals surface area contributed by atoms with E-state index in [1.54, 1.807) is 11.8 Å². The van der Waals surface area contributed by atoms with Crippen LogP contribution in [0.15, 0.2) is 29.2 Å². The minimum Gasteiger partial charge on any atom is -0.307 e. The van der Waals surface area contributed by atoms with E-state index in [9.17, 15) is 0 Å². The molecule has 0 bridgehead atoms. The normalized spacial score (nSPS) is 14.1. The molecule has 1 aromatic carbocycles. The minimum atomic E-state index is 0.347. The van der Waals surface area contributed by atoms with Crippen molar-refractivity contribution in [1.29, 1.82) is 0 Å². The van der Waals surface area contributed by atoms with Crippen LogP contribution in [0.25, 0.3) is 0 Å². The van der Waals surface area contributed by atoms with Gasteiger partial charge in [0.2, 0.25) is 0 Å². The van der Waals surface area contributed by atoms with E-state index in [1.165, 1.54) is 10.5 Å². The Bertz CT molecular complexity index is 350. The Labute approximate surface area is 103 Å². The summed E-state index contributed by atoms with van der Waals surface area (Å²) in [6.07, 6.45) is 8.15. The summed E-state index contributed by atoms with van der Waals surface area (Å²) in [5, 5.41) is 3.49. The smallest absolute Gasteiger partial charge is 0.0294 e. The average molecular weight is 233 g/mol. The van der Waals surface area contributed by atoms with Gasteiger partial charge in [-0.15, -0.1) is 24.1 Å². The predicted molar refractivity (Wildman–Crippen MR) is 72.7 cm³/mol. The molecule has 0 aliphatic heterocycles. The molecule has 0 saturated heterocycles. The van der Waals surface area contributed by atoms with Crippen LogP contribution in [0.1, 0.15) is 31.9 Å². The Kier molecular flexibility index (Phi) is 5.45. The molecule has 16 heavy (non-hydrogen) atoms. The molecule has 2 heteroatoms. The van der Waals surface area contributed by atoms with Crippen molar-refractivity contribution in [2.45, 2.75) is 37.2 Å². The van der Waals surface area contributed by atoms with Crippen molar-refractivity contribution >= 4 is 11.8 Å². The summed E-state index contributed by atoms with van der Waals surface area (Å²) in [6.45, 7) is 4.29. The first-order chi connectivity index (χ1) is 7.67. The second kappa shape index (κ2) is 6.62. The number of hydrogen-bond acceptors (Lipinski definition) is 2. The van der Waals surface area contributed by atoms with E-state index in [0.29, 0.717) is 12.1 Å². The molecule has 0 aliphatic rings. The van der Waals surface area contributed by atoms with Crippen LogP contribution < -0.4 is 5.32 Å². The van der Waals surface area contributed by atoms with Gasteiger partial charge in [-0.05, 0) is 37.8 Å². The number of benzene rings is 1. The van der Waals surface area contributed by atoms with Crippen LogP contribution >= 0.6 is 11.8 Å². The van der Waals surface area contributed by atoms with Crippen LogP contribution in [0, 0.1) is 12.3 Å². The Morgan fingerprint density at radius 2 is 1.94 bits per heavy atom. The van der Waals surface area contributed by atoms with Gasteiger partial charge in [0.25, 0.3) is 0 Å². The van der Waals surface area contributed by atoms with E-state index >= 15 is 0 Å². The van der Waals surface area contributed by atoms with Crippen molar-refractivity contribution in [3.8, 4) is 12.3 Å². The lowest BCUT2D eigenvalue weighted by Gasteiger charge is -2.19. The van der Waals surface area contributed by atoms with Crippen LogP contribution in [-0.2, 0) is 0 Å². The lowest BCUT2D eigenvalue weighted by Crippen LogP contribution is -2.28. The maximum absolute atomic E-state index is 5.29. The summed E-state index contributed by atoms with van der Waals surface area (Å²) in [5.74, 6) is 2.68. The molecule has 2 atom stereocenters. The third-order valence-electron chi connectivity index (χ3n) is 2.57. The van der Waals surface area contributed by atoms with E-state index in [2.05, 4.69) is 55.6 Å². The van der Waals surface area contributed by atoms with Crippen LogP contribution in [0.2, 0.25) is 0 Å². The Hall–Kier alpha value is -0.910. The van der Waals surface area contributed by atoms with Gasteiger partial charge >= 0.3 is 0 Å². The summed E-state index contributed by atoms with van der Waals surface area (Å²) in [5.41, 5.74) is 1.31. The maximum Gasteiger partial charge on any atom is 0.0294 e. The molecule has 0 amide bonds. The predicted octanol–water partition coefficient (Wildman–Crippen LogP) is 3.47. The highest BCUT2D eigenvalue weighted by Gasteiger charge is 2.08. The fourth-order valence-corrected chi connectivity index (χ4v) is 2.06. The fraction of sp³-hybridized carbons (Fsp3) is 0.429. The number of rotatable bonds is 5. The van der Waals surface area contributed by atoms with Crippen molar-refractivity contribution in [3.63, 3.8) is 0 Å². The largest absolute Gasteiger partial charge is 0.307 e. The zero-order chi connectivity index (χ0) is 12.0. The molecule has 0 radical (unpaired) electrons. The van der Waals surface area contributed by atoms with E-state index in [4.69, 9.17) is 6.42 Å². The van der Waals surface area contributed by atoms with Gasteiger partial charge in [-0.25, -0.2) is 0 Å². The summed E-state index contributed by atoms with van der Waals surface area (Å²) in [7, 11) is 0. The zero-order valence-electron chi connectivity index (χ0n) is 10.2. The highest BCUT2D eigenvalue weighted by atomic mass is 32.2. The van der Waals surface area contributed by atoms with Crippen molar-refractivity contribution in [3.05, 3.63) is 29.8 Å². The number of hydrogen-bond donors (Lipinski definition) is 1. The van der Waals surface area contributed by atoms with Crippen molar-refractivity contribution in [1.82, 2.24) is 5.32 Å². The van der Waals surface area contributed by atoms with Gasteiger partial charge in [0.1, 0.15) is 0 Å². The molecule has 0 saturated carbocycles. The summed E-state index contributed by atoms with van der Waals surface area (Å²) < 4.78 is 0. The van der Waals surface area contributed by atoms with Crippen LogP contribution in [0.4, 0.5) is 0 Å². The fourth-order valence-electron chi connectivity index (χ4n) is 1.65. The second-order valence-electron chi connectivity index (χ2n) is 3.97. The maximum atomic E-state index is 5.29. The molecular formula is C14H19NS. The van der Waals surface area contributed by atoms with Crippen LogP contribution in [0.5, 0.6) is 0 Å². The topological polar surface area (TPSA) is 12.0 Å². The first kappa shape index (κ1) is 13.2. The number of terminal acetylenes is 1. The first-order valence-corrected chi connectivity index (χ1v) is 6.73. The van der Waals surface area contributed by atoms with Gasteiger partial charge in [-0.3, -0.25) is 0 Å². The standard InChI is InChI=1S/C14H19NS/c1-5-6-11(2)15-12(3)13-7-9-14(16-4)10-8-13/h1,7-12,15H,6H2,2-4H3. The van der Waals surface area contributed by atoms with Gasteiger partial charge in [0.15, 0.2) is 0 Å². The van der Waals surface area contributed by atoms with E-state index < -0.39 is 0 Å². The molecule has 1 N–H and O–H groups in total. The molecule has 1 rings (SSSR count). The lowest BCUT2D eigenvalue weighted by atomic mass is 10.1. The molecule has 0 spiro atoms. The molecule has 86 valence electrons. The quantitative estimate of drug-likeness (QED) is 0.617. The monoisotopic (exact) mass is 233 g/mol. The third-order valence-corrected chi connectivity index (χ3v) is 3.32. The molecule has 2 unspecified atom stereocenters. The Morgan fingerprint density at radius 1 is 1.31 bits per heavy atom.